The van der Waals surface area contributed by atoms with Crippen molar-refractivity contribution in [2.75, 3.05) is 13.6 Å². The molecule has 0 aliphatic carbocycles. The summed E-state index contributed by atoms with van der Waals surface area (Å²) in [6, 6.07) is 4.13. The number of hydrogen-bond donors (Lipinski definition) is 1. The summed E-state index contributed by atoms with van der Waals surface area (Å²) in [6.07, 6.45) is -4.45. The number of carbonyl (C=O) groups is 1. The molecule has 0 bridgehead atoms. The number of likely N-dealkylation sites (N-methyl/N-ethyl adjacent to an activating group) is 1. The summed E-state index contributed by atoms with van der Waals surface area (Å²) < 4.78 is 37.5. The lowest BCUT2D eigenvalue weighted by Crippen LogP contribution is -2.39. The van der Waals surface area contributed by atoms with Crippen LogP contribution in [0.15, 0.2) is 24.3 Å². The van der Waals surface area contributed by atoms with Crippen LogP contribution in [0.5, 0.6) is 0 Å². The SMILES string of the molecule is CC(CN)N(C)C(=O)c1cccc(C(F)(F)F)c1. The van der Waals surface area contributed by atoms with Crippen LogP contribution in [0.4, 0.5) is 13.2 Å². The molecule has 0 spiro atoms. The molecule has 1 atom stereocenters. The smallest absolute Gasteiger partial charge is 0.338 e. The van der Waals surface area contributed by atoms with E-state index in [-0.39, 0.29) is 18.2 Å². The highest BCUT2D eigenvalue weighted by Gasteiger charge is 2.31. The summed E-state index contributed by atoms with van der Waals surface area (Å²) in [5.74, 6) is -0.473. The molecule has 1 rings (SSSR count). The fourth-order valence-electron chi connectivity index (χ4n) is 1.39. The highest BCUT2D eigenvalue weighted by atomic mass is 19.4. The number of nitrogens with two attached hydrogens (primary N) is 1. The second kappa shape index (κ2) is 5.39. The number of alkyl halides is 3. The van der Waals surface area contributed by atoms with Gasteiger partial charge >= 0.3 is 6.18 Å². The van der Waals surface area contributed by atoms with Crippen LogP contribution in [0.2, 0.25) is 0 Å². The standard InChI is InChI=1S/C12H15F3N2O/c1-8(7-16)17(2)11(18)9-4-3-5-10(6-9)12(13,14)15/h3-6,8H,7,16H2,1-2H3. The average molecular weight is 260 g/mol. The van der Waals surface area contributed by atoms with E-state index in [0.717, 1.165) is 12.1 Å². The van der Waals surface area contributed by atoms with E-state index in [2.05, 4.69) is 0 Å². The van der Waals surface area contributed by atoms with E-state index in [9.17, 15) is 18.0 Å². The molecule has 1 aromatic carbocycles. The van der Waals surface area contributed by atoms with E-state index in [1.807, 2.05) is 0 Å². The Balaban J connectivity index is 3.01. The largest absolute Gasteiger partial charge is 0.416 e. The van der Waals surface area contributed by atoms with Crippen molar-refractivity contribution in [1.82, 2.24) is 4.90 Å². The van der Waals surface area contributed by atoms with Crippen molar-refractivity contribution in [3.8, 4) is 0 Å². The third-order valence-electron chi connectivity index (χ3n) is 2.76. The molecule has 0 aliphatic heterocycles. The van der Waals surface area contributed by atoms with Gasteiger partial charge in [0.2, 0.25) is 0 Å². The first-order valence-corrected chi connectivity index (χ1v) is 5.42. The molecule has 0 heterocycles. The predicted molar refractivity (Wildman–Crippen MR) is 62.1 cm³/mol. The van der Waals surface area contributed by atoms with Gasteiger partial charge in [0.1, 0.15) is 0 Å². The van der Waals surface area contributed by atoms with Crippen LogP contribution >= 0.6 is 0 Å². The Morgan fingerprint density at radius 1 is 1.44 bits per heavy atom. The lowest BCUT2D eigenvalue weighted by molar-refractivity contribution is -0.137. The Hall–Kier alpha value is -1.56. The fraction of sp³-hybridized carbons (Fsp3) is 0.417. The van der Waals surface area contributed by atoms with Gasteiger partial charge < -0.3 is 10.6 Å². The maximum absolute atomic E-state index is 12.5. The van der Waals surface area contributed by atoms with Crippen molar-refractivity contribution in [1.29, 1.82) is 0 Å². The second-order valence-electron chi connectivity index (χ2n) is 4.08. The number of benzene rings is 1. The zero-order valence-corrected chi connectivity index (χ0v) is 10.2. The zero-order valence-electron chi connectivity index (χ0n) is 10.2. The number of halogens is 3. The van der Waals surface area contributed by atoms with Crippen LogP contribution in [0.3, 0.4) is 0 Å². The Labute approximate surface area is 103 Å². The molecule has 6 heteroatoms. The lowest BCUT2D eigenvalue weighted by Gasteiger charge is -2.24. The summed E-state index contributed by atoms with van der Waals surface area (Å²) in [4.78, 5) is 13.3. The first-order chi connectivity index (χ1) is 8.27. The van der Waals surface area contributed by atoms with Crippen LogP contribution in [-0.2, 0) is 6.18 Å². The van der Waals surface area contributed by atoms with Crippen molar-refractivity contribution in [3.05, 3.63) is 35.4 Å². The molecular formula is C12H15F3N2O. The molecule has 3 nitrogen and oxygen atoms in total. The first kappa shape index (κ1) is 14.5. The zero-order chi connectivity index (χ0) is 13.9. The Morgan fingerprint density at radius 3 is 2.56 bits per heavy atom. The minimum atomic E-state index is -4.45. The number of hydrogen-bond acceptors (Lipinski definition) is 2. The van der Waals surface area contributed by atoms with Gasteiger partial charge in [-0.3, -0.25) is 4.79 Å². The molecule has 100 valence electrons. The maximum Gasteiger partial charge on any atom is 0.416 e. The van der Waals surface area contributed by atoms with E-state index in [4.69, 9.17) is 5.73 Å². The predicted octanol–water partition coefficient (Wildman–Crippen LogP) is 2.12. The number of rotatable bonds is 3. The van der Waals surface area contributed by atoms with Crippen LogP contribution in [-0.4, -0.2) is 30.4 Å². The second-order valence-corrected chi connectivity index (χ2v) is 4.08. The van der Waals surface area contributed by atoms with Gasteiger partial charge in [-0.15, -0.1) is 0 Å². The van der Waals surface area contributed by atoms with Gasteiger partial charge in [-0.05, 0) is 25.1 Å². The number of amides is 1. The summed E-state index contributed by atoms with van der Waals surface area (Å²) in [5.41, 5.74) is 4.59. The summed E-state index contributed by atoms with van der Waals surface area (Å²) in [7, 11) is 1.51. The minimum Gasteiger partial charge on any atom is -0.338 e. The summed E-state index contributed by atoms with van der Waals surface area (Å²) >= 11 is 0. The Morgan fingerprint density at radius 2 is 2.06 bits per heavy atom. The van der Waals surface area contributed by atoms with Gasteiger partial charge in [-0.1, -0.05) is 6.07 Å². The van der Waals surface area contributed by atoms with Gasteiger partial charge in [0.15, 0.2) is 0 Å². The van der Waals surface area contributed by atoms with E-state index >= 15 is 0 Å². The third-order valence-corrected chi connectivity index (χ3v) is 2.76. The van der Waals surface area contributed by atoms with Gasteiger partial charge in [0.25, 0.3) is 5.91 Å². The first-order valence-electron chi connectivity index (χ1n) is 5.42. The summed E-state index contributed by atoms with van der Waals surface area (Å²) in [5, 5.41) is 0. The maximum atomic E-state index is 12.5. The quantitative estimate of drug-likeness (QED) is 0.904. The molecule has 0 aromatic heterocycles. The van der Waals surface area contributed by atoms with Gasteiger partial charge in [0.05, 0.1) is 5.56 Å². The number of carbonyl (C=O) groups excluding carboxylic acids is 1. The third kappa shape index (κ3) is 3.22. The van der Waals surface area contributed by atoms with Crippen LogP contribution in [0, 0.1) is 0 Å². The van der Waals surface area contributed by atoms with Crippen molar-refractivity contribution in [2.24, 2.45) is 5.73 Å². The van der Waals surface area contributed by atoms with Crippen LogP contribution in [0.1, 0.15) is 22.8 Å². The van der Waals surface area contributed by atoms with Crippen LogP contribution in [0.25, 0.3) is 0 Å². The molecular weight excluding hydrogens is 245 g/mol. The highest BCUT2D eigenvalue weighted by Crippen LogP contribution is 2.29. The summed E-state index contributed by atoms with van der Waals surface area (Å²) in [6.45, 7) is 1.98. The molecule has 2 N–H and O–H groups in total. The van der Waals surface area contributed by atoms with Gasteiger partial charge in [0, 0.05) is 25.2 Å². The van der Waals surface area contributed by atoms with Crippen LogP contribution < -0.4 is 5.73 Å². The van der Waals surface area contributed by atoms with Crippen molar-refractivity contribution in [2.45, 2.75) is 19.1 Å². The number of nitrogens with zero attached hydrogens (tertiary/aromatic N) is 1. The van der Waals surface area contributed by atoms with E-state index in [0.29, 0.717) is 0 Å². The molecule has 18 heavy (non-hydrogen) atoms. The Kier molecular flexibility index (Phi) is 4.34. The van der Waals surface area contributed by atoms with E-state index in [1.165, 1.54) is 24.1 Å². The molecule has 0 saturated carbocycles. The van der Waals surface area contributed by atoms with Crippen molar-refractivity contribution >= 4 is 5.91 Å². The van der Waals surface area contributed by atoms with Gasteiger partial charge in [-0.2, -0.15) is 13.2 Å². The topological polar surface area (TPSA) is 46.3 Å². The van der Waals surface area contributed by atoms with E-state index < -0.39 is 17.6 Å². The molecule has 0 radical (unpaired) electrons. The normalized spacial score (nSPS) is 13.2. The lowest BCUT2D eigenvalue weighted by atomic mass is 10.1. The molecule has 0 saturated heterocycles. The monoisotopic (exact) mass is 260 g/mol. The average Bonchev–Trinajstić information content (AvgIpc) is 2.35. The molecule has 1 aromatic rings. The molecule has 0 fully saturated rings. The highest BCUT2D eigenvalue weighted by molar-refractivity contribution is 5.94. The minimum absolute atomic E-state index is 0.00706. The molecule has 1 unspecified atom stereocenters. The van der Waals surface area contributed by atoms with E-state index in [1.54, 1.807) is 6.92 Å². The van der Waals surface area contributed by atoms with Crippen molar-refractivity contribution < 1.29 is 18.0 Å². The molecule has 1 amide bonds. The fourth-order valence-corrected chi connectivity index (χ4v) is 1.39. The Bertz CT molecular complexity index is 432. The van der Waals surface area contributed by atoms with Crippen molar-refractivity contribution in [3.63, 3.8) is 0 Å². The molecule has 0 aliphatic rings. The van der Waals surface area contributed by atoms with Gasteiger partial charge in [-0.25, -0.2) is 0 Å².